The molecule has 3 aromatic rings. The van der Waals surface area contributed by atoms with Crippen molar-refractivity contribution in [1.29, 1.82) is 5.41 Å². The molecule has 46 nitrogen and oxygen atoms in total. The summed E-state index contributed by atoms with van der Waals surface area (Å²) in [4.78, 5) is 287. The third-order valence-corrected chi connectivity index (χ3v) is 24.5. The lowest BCUT2D eigenvalue weighted by molar-refractivity contribution is -0.144. The normalized spacial score (nSPS) is 20.8. The summed E-state index contributed by atoms with van der Waals surface area (Å²) in [5.41, 5.74) is 22.5. The Kier molecular flexibility index (Phi) is 45.5. The van der Waals surface area contributed by atoms with Gasteiger partial charge in [0.2, 0.25) is 100 Å². The van der Waals surface area contributed by atoms with Crippen LogP contribution in [0.4, 0.5) is 0 Å². The van der Waals surface area contributed by atoms with E-state index in [9.17, 15) is 96.8 Å². The molecule has 0 aromatic carbocycles. The zero-order valence-electron chi connectivity index (χ0n) is 74.8. The molecule has 5 rings (SSSR count). The van der Waals surface area contributed by atoms with E-state index < -0.39 is 290 Å². The van der Waals surface area contributed by atoms with Gasteiger partial charge in [-0.15, -0.1) is 23.1 Å². The van der Waals surface area contributed by atoms with Gasteiger partial charge in [-0.1, -0.05) is 61.8 Å². The first kappa shape index (κ1) is 109. The summed E-state index contributed by atoms with van der Waals surface area (Å²) >= 11 is 3.97. The average Bonchev–Trinajstić information content (AvgIpc) is 1.65. The number of thioether (sulfide) groups is 2. The van der Waals surface area contributed by atoms with Crippen molar-refractivity contribution in [1.82, 2.24) is 93.9 Å². The molecule has 0 aliphatic carbocycles. The maximum atomic E-state index is 15.4. The van der Waals surface area contributed by atoms with Crippen LogP contribution in [-0.4, -0.2) is 274 Å². The van der Waals surface area contributed by atoms with Gasteiger partial charge in [0.05, 0.1) is 28.9 Å². The molecule has 0 radical (unpaired) electrons. The van der Waals surface area contributed by atoms with Crippen LogP contribution in [0.3, 0.4) is 0 Å². The number of thiophene rings is 1. The van der Waals surface area contributed by atoms with Crippen molar-refractivity contribution >= 4 is 169 Å². The number of aromatic nitrogens is 3. The minimum Gasteiger partial charge on any atom is -0.481 e. The third kappa shape index (κ3) is 36.6. The summed E-state index contributed by atoms with van der Waals surface area (Å²) in [5, 5.41) is 76.7. The van der Waals surface area contributed by atoms with Crippen LogP contribution in [-0.2, 0) is 109 Å². The number of primary amides is 3. The second kappa shape index (κ2) is 54.5. The lowest BCUT2D eigenvalue weighted by Gasteiger charge is -2.31. The van der Waals surface area contributed by atoms with Gasteiger partial charge in [-0.2, -0.15) is 11.8 Å². The van der Waals surface area contributed by atoms with Crippen LogP contribution in [0.5, 0.6) is 0 Å². The first-order valence-electron chi connectivity index (χ1n) is 43.3. The maximum absolute atomic E-state index is 15.4. The fraction of sp³-hybridized carbons (Fsp3) is 0.634. The number of carboxylic acid groups (broad SMARTS) is 3. The van der Waals surface area contributed by atoms with Gasteiger partial charge in [-0.05, 0) is 124 Å². The van der Waals surface area contributed by atoms with E-state index in [1.165, 1.54) is 61.2 Å². The van der Waals surface area contributed by atoms with Crippen LogP contribution < -0.4 is 97.4 Å². The molecule has 1 fully saturated rings. The molecule has 726 valence electrons. The molecule has 1 saturated heterocycles. The first-order valence-corrected chi connectivity index (χ1v) is 46.6. The van der Waals surface area contributed by atoms with Gasteiger partial charge in [-0.25, -0.2) is 4.98 Å². The minimum absolute atomic E-state index is 0.0146. The predicted molar refractivity (Wildman–Crippen MR) is 479 cm³/mol. The largest absolute Gasteiger partial charge is 0.481 e. The first-order chi connectivity index (χ1) is 61.8. The maximum Gasteiger partial charge on any atom is 0.305 e. The molecule has 15 atom stereocenters. The van der Waals surface area contributed by atoms with Crippen LogP contribution in [0.25, 0.3) is 10.1 Å². The number of carbonyl (C=O) groups is 20. The molecule has 27 N–H and O–H groups in total. The number of hydrogen-bond donors (Lipinski definition) is 23. The Bertz CT molecular complexity index is 4530. The highest BCUT2D eigenvalue weighted by molar-refractivity contribution is 7.99. The van der Waals surface area contributed by atoms with Gasteiger partial charge in [0, 0.05) is 81.0 Å². The number of imidazole rings is 1. The van der Waals surface area contributed by atoms with E-state index in [0.717, 1.165) is 15.0 Å². The quantitative estimate of drug-likeness (QED) is 0.0152. The molecular weight excluding hydrogens is 1770 g/mol. The lowest BCUT2D eigenvalue weighted by Crippen LogP contribution is -2.62. The van der Waals surface area contributed by atoms with Crippen LogP contribution in [0, 0.1) is 29.1 Å². The number of amides is 17. The molecule has 0 unspecified atom stereocenters. The van der Waals surface area contributed by atoms with Crippen molar-refractivity contribution in [2.45, 2.75) is 280 Å². The number of guanidine groups is 1. The molecule has 3 aromatic heterocycles. The van der Waals surface area contributed by atoms with E-state index in [0.29, 0.717) is 10.8 Å². The molecule has 17 amide bonds. The van der Waals surface area contributed by atoms with Gasteiger partial charge >= 0.3 is 17.9 Å². The van der Waals surface area contributed by atoms with Crippen molar-refractivity contribution in [3.8, 4) is 0 Å². The van der Waals surface area contributed by atoms with E-state index >= 15 is 14.4 Å². The molecular formula is C82H127N23O23S3. The summed E-state index contributed by atoms with van der Waals surface area (Å²) in [6.07, 6.45) is -0.114. The van der Waals surface area contributed by atoms with E-state index in [4.69, 9.17) is 28.3 Å². The number of aromatic amines is 1. The van der Waals surface area contributed by atoms with E-state index in [-0.39, 0.29) is 102 Å². The Labute approximate surface area is 769 Å². The number of rotatable bonds is 41. The zero-order valence-corrected chi connectivity index (χ0v) is 77.3. The van der Waals surface area contributed by atoms with Crippen LogP contribution in [0.1, 0.15) is 183 Å². The number of H-pyrrole nitrogens is 1. The summed E-state index contributed by atoms with van der Waals surface area (Å²) in [6, 6.07) is -20.8. The molecule has 2 aliphatic heterocycles. The number of carbonyl (C=O) groups excluding carboxylic acids is 17. The van der Waals surface area contributed by atoms with Crippen molar-refractivity contribution in [3.05, 3.63) is 35.9 Å². The second-order valence-corrected chi connectivity index (χ2v) is 36.3. The van der Waals surface area contributed by atoms with E-state index in [2.05, 4.69) is 84.4 Å². The second-order valence-electron chi connectivity index (χ2n) is 33.3. The van der Waals surface area contributed by atoms with Crippen LogP contribution >= 0.6 is 34.9 Å². The lowest BCUT2D eigenvalue weighted by atomic mass is 9.96. The summed E-state index contributed by atoms with van der Waals surface area (Å²) in [6.45, 7) is 12.8. The molecule has 49 heteroatoms. The topological polar surface area (TPSA) is 735 Å². The number of carboxylic acids is 3. The minimum atomic E-state index is -2.05. The number of hydrogen-bond acceptors (Lipinski definition) is 25. The van der Waals surface area contributed by atoms with Gasteiger partial charge < -0.3 is 127 Å². The Hall–Kier alpha value is -12.2. The van der Waals surface area contributed by atoms with Gasteiger partial charge in [0.15, 0.2) is 5.96 Å². The Balaban J connectivity index is 1.58. The van der Waals surface area contributed by atoms with Crippen LogP contribution in [0.2, 0.25) is 0 Å². The number of fused-ring (bicyclic) bond motifs is 4. The SMILES string of the molecule is CC[C@H](C)[C@@H]1NC(=O)[C@H](CCC(=O)O)NC(=O)[C@@H]2CCCN2C(=O)[C@H](CC(N)=O)NC(=O)[C@H](CCC(=O)O)NC(=O)CCSc2c3sccc3cn2CCCC[C@@H](C(=O)N[C@@H](Cc2cnc[nH]2)C(=O)N[C@H](C(=O)N[C@@H](CCC(N)=O)C(=O)N[C@@H](CCCNC(=N)N)C(=O)N[C@H](C(=O)N[C@@H](CCSC)C(N)=O)C(C)C)C(C)C)NC(=O)[C@H](CC(=O)O)NC(=O)[C@H](CC(C)C)NC1=O. The Morgan fingerprint density at radius 3 is 1.74 bits per heavy atom. The average molecular weight is 1900 g/mol. The van der Waals surface area contributed by atoms with Crippen molar-refractivity contribution in [2.75, 3.05) is 30.9 Å². The van der Waals surface area contributed by atoms with Crippen molar-refractivity contribution in [3.63, 3.8) is 0 Å². The van der Waals surface area contributed by atoms with Crippen molar-refractivity contribution < 1.29 is 111 Å². The highest BCUT2D eigenvalue weighted by atomic mass is 32.2. The number of nitrogens with zero attached hydrogens (tertiary/aromatic N) is 3. The van der Waals surface area contributed by atoms with Gasteiger partial charge in [-0.3, -0.25) is 101 Å². The summed E-state index contributed by atoms with van der Waals surface area (Å²) in [7, 11) is 0. The number of nitrogens with one attached hydrogen (secondary N) is 16. The molecule has 0 spiro atoms. The number of aliphatic carboxylic acids is 3. The summed E-state index contributed by atoms with van der Waals surface area (Å²) < 4.78 is 2.64. The number of aryl methyl sites for hydroxylation is 1. The fourth-order valence-electron chi connectivity index (χ4n) is 14.4. The van der Waals surface area contributed by atoms with E-state index in [1.54, 1.807) is 47.8 Å². The Morgan fingerprint density at radius 2 is 1.17 bits per heavy atom. The summed E-state index contributed by atoms with van der Waals surface area (Å²) in [5.74, 6) is -24.3. The monoisotopic (exact) mass is 1900 g/mol. The van der Waals surface area contributed by atoms with Gasteiger partial charge in [0.25, 0.3) is 0 Å². The third-order valence-electron chi connectivity index (χ3n) is 21.7. The number of nitrogens with two attached hydrogens (primary N) is 4. The fourth-order valence-corrected chi connectivity index (χ4v) is 17.0. The molecule has 131 heavy (non-hydrogen) atoms. The molecule has 5 heterocycles. The molecule has 2 aliphatic rings. The van der Waals surface area contributed by atoms with E-state index in [1.807, 2.05) is 22.2 Å². The predicted octanol–water partition coefficient (Wildman–Crippen LogP) is -3.12. The van der Waals surface area contributed by atoms with Gasteiger partial charge in [0.1, 0.15) is 84.6 Å². The molecule has 0 saturated carbocycles. The highest BCUT2D eigenvalue weighted by Gasteiger charge is 2.44. The standard InChI is InChI=1S/C82H127N23O23S3/c1-10-43(8)65-79(127)99-52(33-40(2)3)73(121)98-54(36-62(113)114)74(122)94-47(15-11-12-28-104-38-44-24-31-130-66(44)81(104)131-32-26-59(108)91-49(19-22-60(109)110)69(117)100-55(35-58(84)107)80(128)105-29-14-17-56(105)76(124)95-51(72(120)103-65)20-23-61(111)112)68(116)97-53(34-45-37-88-39-90-45)75(123)102-64(42(6)7)78(126)96-50(18-21-57(83)106)70(118)93-48(16-13-27-89-82(86)87)71(119)101-63(41(4)5)77(125)92-46(67(85)115)25-30-129-9/h24,31,37-43,46-56,63-65H,10-23,25-30,32-36H2,1-9H3,(H2,83,106)(H2,84,107)(H2,85,115)(H,88,90)(H,91,108)(H,92,125)(H,93,118)(H,94,122)(H,95,124)(H,96,126)(H,97,116)(H,98,121)(H,99,127)(H,100,117)(H,101,119)(H,102,123)(H,103,120)(H,109,110)(H,111,112)(H,113,114)(H4,86,87,89)/t43-,46-,47-,48-,49-,50-,51-,52-,53-,54-,55-,56-,63-,64-,65-/m0/s1. The smallest absolute Gasteiger partial charge is 0.305 e. The zero-order chi connectivity index (χ0) is 97.6. The van der Waals surface area contributed by atoms with Crippen molar-refractivity contribution in [2.24, 2.45) is 46.6 Å². The van der Waals surface area contributed by atoms with Crippen LogP contribution in [0.15, 0.2) is 35.2 Å². The highest BCUT2D eigenvalue weighted by Crippen LogP contribution is 2.35. The Morgan fingerprint density at radius 1 is 0.595 bits per heavy atom. The molecule has 0 bridgehead atoms.